The van der Waals surface area contributed by atoms with Gasteiger partial charge in [0.25, 0.3) is 0 Å². The number of para-hydroxylation sites is 1. The number of rotatable bonds is 2. The maximum Gasteiger partial charge on any atom is 0.137 e. The Bertz CT molecular complexity index is 1640. The highest BCUT2D eigenvalue weighted by Crippen LogP contribution is 2.39. The zero-order chi connectivity index (χ0) is 21.8. The summed E-state index contributed by atoms with van der Waals surface area (Å²) in [7, 11) is 0. The Kier molecular flexibility index (Phi) is 4.41. The number of benzene rings is 4. The number of fused-ring (bicyclic) bond motifs is 4. The molecule has 0 spiro atoms. The standard InChI is InChI=1S/C29H21BrN2/c1-18-11-12-20-7-3-4-8-22(20)29(18)24-16-25-23-9-5-6-10-26(23)32(27(25)15-19(24)2)28-14-13-21(30)17-31-28/h3-17H,1-2H3. The molecule has 0 aliphatic rings. The molecular weight excluding hydrogens is 456 g/mol. The van der Waals surface area contributed by atoms with E-state index in [1.807, 2.05) is 12.3 Å². The molecule has 32 heavy (non-hydrogen) atoms. The van der Waals surface area contributed by atoms with Crippen molar-refractivity contribution in [3.63, 3.8) is 0 Å². The first-order chi connectivity index (χ1) is 15.6. The molecule has 6 aromatic rings. The molecule has 2 nitrogen and oxygen atoms in total. The predicted molar refractivity (Wildman–Crippen MR) is 139 cm³/mol. The molecule has 0 aliphatic heterocycles. The molecule has 0 fully saturated rings. The van der Waals surface area contributed by atoms with Crippen molar-refractivity contribution in [1.29, 1.82) is 0 Å². The van der Waals surface area contributed by atoms with Crippen LogP contribution in [0.2, 0.25) is 0 Å². The van der Waals surface area contributed by atoms with Crippen LogP contribution in [0.1, 0.15) is 11.1 Å². The molecule has 0 saturated heterocycles. The second-order valence-electron chi connectivity index (χ2n) is 8.35. The molecule has 0 unspecified atom stereocenters. The molecule has 0 aliphatic carbocycles. The fraction of sp³-hybridized carbons (Fsp3) is 0.0690. The molecule has 0 N–H and O–H groups in total. The second-order valence-corrected chi connectivity index (χ2v) is 9.27. The van der Waals surface area contributed by atoms with Crippen molar-refractivity contribution in [2.24, 2.45) is 0 Å². The SMILES string of the molecule is Cc1cc2c(cc1-c1c(C)ccc3ccccc13)c1ccccc1n2-c1ccc(Br)cn1. The van der Waals surface area contributed by atoms with Crippen LogP contribution in [0.3, 0.4) is 0 Å². The molecule has 3 heteroatoms. The summed E-state index contributed by atoms with van der Waals surface area (Å²) in [5.74, 6) is 0.924. The van der Waals surface area contributed by atoms with E-state index in [-0.39, 0.29) is 0 Å². The maximum atomic E-state index is 4.70. The second kappa shape index (κ2) is 7.32. The first-order valence-electron chi connectivity index (χ1n) is 10.8. The summed E-state index contributed by atoms with van der Waals surface area (Å²) in [4.78, 5) is 4.70. The van der Waals surface area contributed by atoms with Crippen LogP contribution in [-0.2, 0) is 0 Å². The van der Waals surface area contributed by atoms with Gasteiger partial charge in [0.1, 0.15) is 5.82 Å². The van der Waals surface area contributed by atoms with Crippen molar-refractivity contribution in [1.82, 2.24) is 9.55 Å². The minimum atomic E-state index is 0.924. The van der Waals surface area contributed by atoms with Gasteiger partial charge in [-0.2, -0.15) is 0 Å². The number of hydrogen-bond acceptors (Lipinski definition) is 1. The van der Waals surface area contributed by atoms with Gasteiger partial charge in [0.05, 0.1) is 11.0 Å². The fourth-order valence-electron chi connectivity index (χ4n) is 4.87. The third-order valence-electron chi connectivity index (χ3n) is 6.37. The van der Waals surface area contributed by atoms with Crippen LogP contribution in [0.15, 0.2) is 95.6 Å². The summed E-state index contributed by atoms with van der Waals surface area (Å²) in [5, 5.41) is 5.06. The molecule has 154 valence electrons. The summed E-state index contributed by atoms with van der Waals surface area (Å²) in [6.07, 6.45) is 1.86. The first-order valence-corrected chi connectivity index (χ1v) is 11.6. The molecule has 0 atom stereocenters. The van der Waals surface area contributed by atoms with E-state index >= 15 is 0 Å². The van der Waals surface area contributed by atoms with Crippen LogP contribution in [0.5, 0.6) is 0 Å². The number of halogens is 1. The normalized spacial score (nSPS) is 11.6. The first kappa shape index (κ1) is 19.3. The zero-order valence-electron chi connectivity index (χ0n) is 17.9. The Labute approximate surface area is 195 Å². The van der Waals surface area contributed by atoms with Gasteiger partial charge in [-0.15, -0.1) is 0 Å². The van der Waals surface area contributed by atoms with Gasteiger partial charge in [0.2, 0.25) is 0 Å². The molecule has 6 rings (SSSR count). The summed E-state index contributed by atoms with van der Waals surface area (Å²) in [6.45, 7) is 4.42. The van der Waals surface area contributed by atoms with Crippen LogP contribution in [0.25, 0.3) is 49.5 Å². The van der Waals surface area contributed by atoms with Crippen LogP contribution >= 0.6 is 15.9 Å². The lowest BCUT2D eigenvalue weighted by atomic mass is 9.90. The highest BCUT2D eigenvalue weighted by atomic mass is 79.9. The van der Waals surface area contributed by atoms with Gasteiger partial charge in [0, 0.05) is 21.4 Å². The van der Waals surface area contributed by atoms with Gasteiger partial charge in [0.15, 0.2) is 0 Å². The molecule has 4 aromatic carbocycles. The minimum absolute atomic E-state index is 0.924. The van der Waals surface area contributed by atoms with Crippen LogP contribution < -0.4 is 0 Å². The van der Waals surface area contributed by atoms with Crippen LogP contribution in [0, 0.1) is 13.8 Å². The lowest BCUT2D eigenvalue weighted by Gasteiger charge is -2.14. The largest absolute Gasteiger partial charge is 0.294 e. The number of hydrogen-bond donors (Lipinski definition) is 0. The number of pyridine rings is 1. The van der Waals surface area contributed by atoms with E-state index in [2.05, 4.69) is 113 Å². The van der Waals surface area contributed by atoms with E-state index in [9.17, 15) is 0 Å². The monoisotopic (exact) mass is 476 g/mol. The van der Waals surface area contributed by atoms with Gasteiger partial charge in [-0.1, -0.05) is 54.6 Å². The van der Waals surface area contributed by atoms with Crippen molar-refractivity contribution in [3.05, 3.63) is 107 Å². The number of aryl methyl sites for hydroxylation is 2. The van der Waals surface area contributed by atoms with Crippen molar-refractivity contribution < 1.29 is 0 Å². The minimum Gasteiger partial charge on any atom is -0.294 e. The Morgan fingerprint density at radius 2 is 1.47 bits per heavy atom. The fourth-order valence-corrected chi connectivity index (χ4v) is 5.11. The average Bonchev–Trinajstić information content (AvgIpc) is 3.12. The number of aromatic nitrogens is 2. The van der Waals surface area contributed by atoms with Crippen LogP contribution in [-0.4, -0.2) is 9.55 Å². The van der Waals surface area contributed by atoms with Crippen molar-refractivity contribution >= 4 is 48.5 Å². The third kappa shape index (κ3) is 2.89. The summed E-state index contributed by atoms with van der Waals surface area (Å²) in [5.41, 5.74) is 7.52. The van der Waals surface area contributed by atoms with E-state index in [1.165, 1.54) is 54.8 Å². The zero-order valence-corrected chi connectivity index (χ0v) is 19.5. The maximum absolute atomic E-state index is 4.70. The summed E-state index contributed by atoms with van der Waals surface area (Å²) >= 11 is 3.51. The van der Waals surface area contributed by atoms with E-state index in [1.54, 1.807) is 0 Å². The molecule has 2 aromatic heterocycles. The highest BCUT2D eigenvalue weighted by Gasteiger charge is 2.17. The molecular formula is C29H21BrN2. The van der Waals surface area contributed by atoms with E-state index < -0.39 is 0 Å². The number of nitrogens with zero attached hydrogens (tertiary/aromatic N) is 2. The van der Waals surface area contributed by atoms with E-state index in [0.29, 0.717) is 0 Å². The Balaban J connectivity index is 1.72. The van der Waals surface area contributed by atoms with Gasteiger partial charge >= 0.3 is 0 Å². The van der Waals surface area contributed by atoms with Gasteiger partial charge in [-0.3, -0.25) is 4.57 Å². The summed E-state index contributed by atoms with van der Waals surface area (Å²) < 4.78 is 3.25. The van der Waals surface area contributed by atoms with Gasteiger partial charge in [-0.05, 0) is 93.1 Å². The quantitative estimate of drug-likeness (QED) is 0.245. The molecule has 0 radical (unpaired) electrons. The third-order valence-corrected chi connectivity index (χ3v) is 6.84. The predicted octanol–water partition coefficient (Wildman–Crippen LogP) is 8.38. The van der Waals surface area contributed by atoms with Crippen molar-refractivity contribution in [2.45, 2.75) is 13.8 Å². The van der Waals surface area contributed by atoms with E-state index in [4.69, 9.17) is 4.98 Å². The lowest BCUT2D eigenvalue weighted by Crippen LogP contribution is -1.97. The lowest BCUT2D eigenvalue weighted by molar-refractivity contribution is 1.07. The molecule has 0 saturated carbocycles. The van der Waals surface area contributed by atoms with E-state index in [0.717, 1.165) is 10.3 Å². The highest BCUT2D eigenvalue weighted by molar-refractivity contribution is 9.10. The Morgan fingerprint density at radius 1 is 0.688 bits per heavy atom. The Hall–Kier alpha value is -3.43. The van der Waals surface area contributed by atoms with Gasteiger partial charge in [-0.25, -0.2) is 4.98 Å². The van der Waals surface area contributed by atoms with Crippen molar-refractivity contribution in [2.75, 3.05) is 0 Å². The van der Waals surface area contributed by atoms with Gasteiger partial charge < -0.3 is 0 Å². The molecule has 2 heterocycles. The topological polar surface area (TPSA) is 17.8 Å². The average molecular weight is 477 g/mol. The Morgan fingerprint density at radius 3 is 2.28 bits per heavy atom. The van der Waals surface area contributed by atoms with Crippen molar-refractivity contribution in [3.8, 4) is 16.9 Å². The molecule has 0 amide bonds. The van der Waals surface area contributed by atoms with Crippen LogP contribution in [0.4, 0.5) is 0 Å². The smallest absolute Gasteiger partial charge is 0.137 e. The molecule has 0 bridgehead atoms. The summed E-state index contributed by atoms with van der Waals surface area (Å²) in [6, 6.07) is 30.5.